The van der Waals surface area contributed by atoms with E-state index in [1.165, 1.54) is 4.90 Å². The number of hydrogen-bond acceptors (Lipinski definition) is 4. The highest BCUT2D eigenvalue weighted by molar-refractivity contribution is 6.37. The lowest BCUT2D eigenvalue weighted by Crippen LogP contribution is -2.30. The van der Waals surface area contributed by atoms with Crippen LogP contribution in [0.5, 0.6) is 0 Å². The Morgan fingerprint density at radius 3 is 1.82 bits per heavy atom. The zero-order valence-electron chi connectivity index (χ0n) is 26.6. The molecule has 0 saturated heterocycles. The summed E-state index contributed by atoms with van der Waals surface area (Å²) in [5.41, 5.74) is 8.64. The summed E-state index contributed by atoms with van der Waals surface area (Å²) >= 11 is 0. The van der Waals surface area contributed by atoms with Gasteiger partial charge in [0, 0.05) is 27.5 Å². The highest BCUT2D eigenvalue weighted by Gasteiger charge is 2.41. The van der Waals surface area contributed by atoms with E-state index in [-0.39, 0.29) is 5.91 Å². The minimum Gasteiger partial charge on any atom is -0.308 e. The standard InChI is InChI=1S/C44H26N4O2/c45-27-30-17-9-24-37(46-30)35-22-11-21-34-33-18-7-8-25-38(33)47(42(34)35)39-26-12-23-36-40(39)44(50)48(43(36)49)41-31(28-13-3-1-4-14-28)19-10-20-32(41)29-15-5-2-6-16-29/h1-26H. The summed E-state index contributed by atoms with van der Waals surface area (Å²) in [5.74, 6) is -0.772. The number of fused-ring (bicyclic) bond motifs is 4. The van der Waals surface area contributed by atoms with Crippen LogP contribution in [0.25, 0.3) is 61.0 Å². The topological polar surface area (TPSA) is 79.0 Å². The quantitative estimate of drug-likeness (QED) is 0.175. The van der Waals surface area contributed by atoms with E-state index in [1.807, 2.05) is 133 Å². The molecular weight excluding hydrogens is 617 g/mol. The van der Waals surface area contributed by atoms with Crippen LogP contribution < -0.4 is 4.90 Å². The van der Waals surface area contributed by atoms with E-state index in [0.29, 0.717) is 33.9 Å². The van der Waals surface area contributed by atoms with Crippen molar-refractivity contribution in [2.45, 2.75) is 0 Å². The second-order valence-corrected chi connectivity index (χ2v) is 12.2. The highest BCUT2D eigenvalue weighted by atomic mass is 16.2. The summed E-state index contributed by atoms with van der Waals surface area (Å²) in [6, 6.07) is 52.6. The lowest BCUT2D eigenvalue weighted by atomic mass is 9.95. The van der Waals surface area contributed by atoms with Crippen LogP contribution in [-0.4, -0.2) is 21.4 Å². The fraction of sp³-hybridized carbons (Fsp3) is 0. The summed E-state index contributed by atoms with van der Waals surface area (Å²) in [6.07, 6.45) is 0. The third-order valence-electron chi connectivity index (χ3n) is 9.40. The first-order valence-corrected chi connectivity index (χ1v) is 16.3. The third-order valence-corrected chi connectivity index (χ3v) is 9.40. The van der Waals surface area contributed by atoms with Gasteiger partial charge in [0.05, 0.1) is 39.2 Å². The van der Waals surface area contributed by atoms with Gasteiger partial charge in [-0.15, -0.1) is 0 Å². The molecule has 3 heterocycles. The Labute approximate surface area is 287 Å². The first-order valence-electron chi connectivity index (χ1n) is 16.3. The molecule has 1 aliphatic heterocycles. The van der Waals surface area contributed by atoms with Gasteiger partial charge in [-0.3, -0.25) is 9.59 Å². The third kappa shape index (κ3) is 4.38. The number of rotatable bonds is 5. The molecule has 0 aliphatic carbocycles. The van der Waals surface area contributed by atoms with Crippen molar-refractivity contribution in [2.24, 2.45) is 0 Å². The van der Waals surface area contributed by atoms with Crippen LogP contribution >= 0.6 is 0 Å². The second kappa shape index (κ2) is 11.6. The monoisotopic (exact) mass is 642 g/mol. The highest BCUT2D eigenvalue weighted by Crippen LogP contribution is 2.45. The molecule has 0 bridgehead atoms. The normalized spacial score (nSPS) is 12.4. The molecule has 2 amide bonds. The smallest absolute Gasteiger partial charge is 0.268 e. The molecule has 0 saturated carbocycles. The first kappa shape index (κ1) is 29.1. The molecule has 6 aromatic carbocycles. The number of anilines is 1. The Hall–Kier alpha value is -7.10. The number of imide groups is 1. The van der Waals surface area contributed by atoms with Crippen LogP contribution in [0.1, 0.15) is 26.4 Å². The van der Waals surface area contributed by atoms with E-state index in [1.54, 1.807) is 12.1 Å². The minimum absolute atomic E-state index is 0.311. The maximum Gasteiger partial charge on any atom is 0.268 e. The average Bonchev–Trinajstić information content (AvgIpc) is 3.65. The van der Waals surface area contributed by atoms with Crippen molar-refractivity contribution >= 4 is 39.3 Å². The van der Waals surface area contributed by atoms with Gasteiger partial charge in [-0.05, 0) is 41.5 Å². The number of benzene rings is 6. The summed E-state index contributed by atoms with van der Waals surface area (Å²) in [7, 11) is 0. The molecule has 9 rings (SSSR count). The summed E-state index contributed by atoms with van der Waals surface area (Å²) in [5, 5.41) is 11.6. The lowest BCUT2D eigenvalue weighted by molar-refractivity contribution is 0.0926. The number of carbonyl (C=O) groups is 2. The maximum absolute atomic E-state index is 15.0. The Morgan fingerprint density at radius 1 is 0.520 bits per heavy atom. The summed E-state index contributed by atoms with van der Waals surface area (Å²) in [4.78, 5) is 35.7. The maximum atomic E-state index is 15.0. The van der Waals surface area contributed by atoms with Crippen molar-refractivity contribution in [3.63, 3.8) is 0 Å². The number of hydrogen-bond donors (Lipinski definition) is 0. The molecular formula is C44H26N4O2. The number of carbonyl (C=O) groups excluding carboxylic acids is 2. The molecule has 8 aromatic rings. The van der Waals surface area contributed by atoms with Crippen LogP contribution in [0.15, 0.2) is 158 Å². The molecule has 0 fully saturated rings. The molecule has 6 heteroatoms. The number of nitriles is 1. The Kier molecular flexibility index (Phi) is 6.72. The predicted molar refractivity (Wildman–Crippen MR) is 197 cm³/mol. The Morgan fingerprint density at radius 2 is 1.10 bits per heavy atom. The zero-order valence-corrected chi connectivity index (χ0v) is 26.6. The van der Waals surface area contributed by atoms with Crippen molar-refractivity contribution in [1.29, 1.82) is 5.26 Å². The SMILES string of the molecule is N#Cc1cccc(-c2cccc3c4ccccc4n(-c4cccc5c4C(=O)N(c4c(-c6ccccc6)cccc4-c4ccccc4)C5=O)c23)n1. The number of pyridine rings is 1. The van der Waals surface area contributed by atoms with E-state index >= 15 is 4.79 Å². The molecule has 0 N–H and O–H groups in total. The van der Waals surface area contributed by atoms with Crippen LogP contribution in [0.2, 0.25) is 0 Å². The summed E-state index contributed by atoms with van der Waals surface area (Å²) < 4.78 is 2.06. The van der Waals surface area contributed by atoms with Gasteiger partial charge in [0.25, 0.3) is 11.8 Å². The average molecular weight is 643 g/mol. The van der Waals surface area contributed by atoms with Crippen LogP contribution in [0.3, 0.4) is 0 Å². The van der Waals surface area contributed by atoms with Crippen LogP contribution in [-0.2, 0) is 0 Å². The van der Waals surface area contributed by atoms with Crippen LogP contribution in [0, 0.1) is 11.3 Å². The fourth-order valence-corrected chi connectivity index (χ4v) is 7.27. The van der Waals surface area contributed by atoms with Gasteiger partial charge in [-0.25, -0.2) is 9.88 Å². The van der Waals surface area contributed by atoms with E-state index in [9.17, 15) is 10.1 Å². The molecule has 0 unspecified atom stereocenters. The van der Waals surface area contributed by atoms with Gasteiger partial charge in [-0.2, -0.15) is 5.26 Å². The van der Waals surface area contributed by atoms with Crippen molar-refractivity contribution < 1.29 is 9.59 Å². The van der Waals surface area contributed by atoms with E-state index < -0.39 is 5.91 Å². The van der Waals surface area contributed by atoms with Gasteiger partial charge in [0.15, 0.2) is 0 Å². The van der Waals surface area contributed by atoms with Gasteiger partial charge < -0.3 is 4.57 Å². The first-order chi connectivity index (χ1) is 24.6. The molecule has 0 radical (unpaired) electrons. The van der Waals surface area contributed by atoms with Gasteiger partial charge in [0.1, 0.15) is 11.8 Å². The molecule has 234 valence electrons. The van der Waals surface area contributed by atoms with Crippen molar-refractivity contribution in [2.75, 3.05) is 4.90 Å². The molecule has 2 aromatic heterocycles. The summed E-state index contributed by atoms with van der Waals surface area (Å²) in [6.45, 7) is 0. The molecule has 50 heavy (non-hydrogen) atoms. The van der Waals surface area contributed by atoms with E-state index in [4.69, 9.17) is 0 Å². The Bertz CT molecular complexity index is 2650. The van der Waals surface area contributed by atoms with Crippen molar-refractivity contribution in [3.8, 4) is 45.3 Å². The van der Waals surface area contributed by atoms with Gasteiger partial charge in [-0.1, -0.05) is 127 Å². The predicted octanol–water partition coefficient (Wildman–Crippen LogP) is 9.85. The zero-order chi connectivity index (χ0) is 33.8. The van der Waals surface area contributed by atoms with Gasteiger partial charge in [0.2, 0.25) is 0 Å². The number of aromatic nitrogens is 2. The fourth-order valence-electron chi connectivity index (χ4n) is 7.27. The molecule has 6 nitrogen and oxygen atoms in total. The van der Waals surface area contributed by atoms with Gasteiger partial charge >= 0.3 is 0 Å². The van der Waals surface area contributed by atoms with Crippen molar-refractivity contribution in [1.82, 2.24) is 9.55 Å². The largest absolute Gasteiger partial charge is 0.308 e. The van der Waals surface area contributed by atoms with Crippen LogP contribution in [0.4, 0.5) is 5.69 Å². The number of para-hydroxylation sites is 3. The van der Waals surface area contributed by atoms with Crippen molar-refractivity contribution in [3.05, 3.63) is 175 Å². The molecule has 0 spiro atoms. The number of amides is 2. The minimum atomic E-state index is -0.394. The second-order valence-electron chi connectivity index (χ2n) is 12.2. The van der Waals surface area contributed by atoms with E-state index in [2.05, 4.69) is 27.8 Å². The molecule has 0 atom stereocenters. The Balaban J connectivity index is 1.32. The number of nitrogens with zero attached hydrogens (tertiary/aromatic N) is 4. The molecule has 1 aliphatic rings. The van der Waals surface area contributed by atoms with E-state index in [0.717, 1.165) is 49.6 Å². The lowest BCUT2D eigenvalue weighted by Gasteiger charge is -2.23.